The molecule has 1 rings (SSSR count). The molecule has 18 heavy (non-hydrogen) atoms. The first-order valence-electron chi connectivity index (χ1n) is 6.85. The van der Waals surface area contributed by atoms with Crippen LogP contribution in [0, 0.1) is 5.41 Å². The summed E-state index contributed by atoms with van der Waals surface area (Å²) in [7, 11) is -0.989. The summed E-state index contributed by atoms with van der Waals surface area (Å²) < 4.78 is 10.4. The van der Waals surface area contributed by atoms with E-state index in [1.54, 1.807) is 0 Å². The largest absolute Gasteiger partial charge is 0.449 e. The van der Waals surface area contributed by atoms with Gasteiger partial charge in [-0.25, -0.2) is 4.79 Å². The van der Waals surface area contributed by atoms with Crippen LogP contribution in [0.2, 0.25) is 25.7 Å². The zero-order valence-electron chi connectivity index (χ0n) is 12.2. The average molecular weight is 273 g/mol. The number of alkyl carbamates (subject to hydrolysis) is 1. The Labute approximate surface area is 111 Å². The molecule has 1 aliphatic rings. The summed E-state index contributed by atoms with van der Waals surface area (Å²) in [5.41, 5.74) is 0.0790. The van der Waals surface area contributed by atoms with Gasteiger partial charge in [0.25, 0.3) is 0 Å². The van der Waals surface area contributed by atoms with Gasteiger partial charge in [-0.05, 0) is 12.8 Å². The minimum absolute atomic E-state index is 0.0790. The van der Waals surface area contributed by atoms with Gasteiger partial charge in [-0.3, -0.25) is 0 Å². The van der Waals surface area contributed by atoms with Crippen molar-refractivity contribution in [3.63, 3.8) is 0 Å². The molecule has 0 atom stereocenters. The summed E-state index contributed by atoms with van der Waals surface area (Å²) in [5.74, 6) is 0. The number of carbonyl (C=O) groups is 1. The lowest BCUT2D eigenvalue weighted by Crippen LogP contribution is -2.47. The minimum atomic E-state index is -0.989. The predicted molar refractivity (Wildman–Crippen MR) is 75.7 cm³/mol. The molecule has 0 aliphatic carbocycles. The number of rotatable bonds is 7. The number of carbonyl (C=O) groups excluding carboxylic acids is 1. The van der Waals surface area contributed by atoms with Gasteiger partial charge in [0, 0.05) is 14.6 Å². The quantitative estimate of drug-likeness (QED) is 0.573. The maximum atomic E-state index is 11.5. The fraction of sp³-hybridized carbons (Fsp3) is 0.923. The zero-order valence-corrected chi connectivity index (χ0v) is 13.2. The van der Waals surface area contributed by atoms with Crippen molar-refractivity contribution in [1.82, 2.24) is 5.32 Å². The van der Waals surface area contributed by atoms with Crippen LogP contribution in [0.15, 0.2) is 0 Å². The van der Waals surface area contributed by atoms with E-state index >= 15 is 0 Å². The van der Waals surface area contributed by atoms with E-state index in [1.165, 1.54) is 6.04 Å². The summed E-state index contributed by atoms with van der Waals surface area (Å²) in [6.07, 6.45) is 1.76. The normalized spacial score (nSPS) is 18.0. The van der Waals surface area contributed by atoms with E-state index in [9.17, 15) is 4.79 Å². The molecule has 106 valence electrons. The molecule has 1 heterocycles. The highest BCUT2D eigenvalue weighted by Crippen LogP contribution is 2.31. The third-order valence-electron chi connectivity index (χ3n) is 3.45. The fourth-order valence-electron chi connectivity index (χ4n) is 1.86. The van der Waals surface area contributed by atoms with Crippen molar-refractivity contribution in [2.45, 2.75) is 45.5 Å². The molecule has 0 aromatic heterocycles. The van der Waals surface area contributed by atoms with Gasteiger partial charge in [-0.15, -0.1) is 0 Å². The van der Waals surface area contributed by atoms with E-state index in [-0.39, 0.29) is 11.5 Å². The summed E-state index contributed by atoms with van der Waals surface area (Å²) in [5, 5.41) is 2.82. The molecule has 1 amide bonds. The first kappa shape index (κ1) is 15.5. The highest BCUT2D eigenvalue weighted by molar-refractivity contribution is 6.76. The number of hydrogen-bond donors (Lipinski definition) is 1. The van der Waals surface area contributed by atoms with Gasteiger partial charge in [0.15, 0.2) is 0 Å². The van der Waals surface area contributed by atoms with Gasteiger partial charge < -0.3 is 14.8 Å². The van der Waals surface area contributed by atoms with E-state index in [2.05, 4.69) is 31.9 Å². The molecule has 0 spiro atoms. The topological polar surface area (TPSA) is 47.6 Å². The fourth-order valence-corrected chi connectivity index (χ4v) is 3.10. The molecule has 4 nitrogen and oxygen atoms in total. The van der Waals surface area contributed by atoms with Crippen LogP contribution in [0.25, 0.3) is 0 Å². The second-order valence-corrected chi connectivity index (χ2v) is 12.1. The van der Waals surface area contributed by atoms with Gasteiger partial charge in [-0.2, -0.15) is 0 Å². The van der Waals surface area contributed by atoms with Gasteiger partial charge in [-0.1, -0.05) is 32.6 Å². The molecule has 1 fully saturated rings. The average Bonchev–Trinajstić information content (AvgIpc) is 2.22. The van der Waals surface area contributed by atoms with Gasteiger partial charge in [0.1, 0.15) is 6.61 Å². The number of nitrogens with one attached hydrogen (secondary N) is 1. The van der Waals surface area contributed by atoms with Crippen LogP contribution in [0.1, 0.15) is 19.8 Å². The predicted octanol–water partition coefficient (Wildman–Crippen LogP) is 2.87. The lowest BCUT2D eigenvalue weighted by molar-refractivity contribution is -0.138. The molecule has 0 aromatic rings. The smallest absolute Gasteiger partial charge is 0.407 e. The molecule has 0 saturated carbocycles. The van der Waals surface area contributed by atoms with Crippen molar-refractivity contribution in [3.8, 4) is 0 Å². The van der Waals surface area contributed by atoms with Crippen molar-refractivity contribution in [2.75, 3.05) is 26.4 Å². The van der Waals surface area contributed by atoms with Crippen molar-refractivity contribution >= 4 is 14.2 Å². The Morgan fingerprint density at radius 3 is 2.50 bits per heavy atom. The molecule has 0 aromatic carbocycles. The Kier molecular flexibility index (Phi) is 5.66. The third-order valence-corrected chi connectivity index (χ3v) is 5.30. The Hall–Kier alpha value is -0.553. The maximum absolute atomic E-state index is 11.5. The van der Waals surface area contributed by atoms with Crippen molar-refractivity contribution < 1.29 is 14.3 Å². The molecule has 0 bridgehead atoms. The van der Waals surface area contributed by atoms with Crippen molar-refractivity contribution in [1.29, 1.82) is 0 Å². The van der Waals surface area contributed by atoms with Gasteiger partial charge >= 0.3 is 6.09 Å². The Morgan fingerprint density at radius 1 is 1.39 bits per heavy atom. The molecular formula is C13H27NO3Si. The standard InChI is InChI=1S/C13H27NO3Si/c1-5-13(9-16-10-13)11-17-12(15)14-7-6-8-18(2,3)4/h5-11H2,1-4H3,(H,14,15). The first-order chi connectivity index (χ1) is 8.37. The SMILES string of the molecule is CCC1(COC(=O)NCCC[Si](C)(C)C)COC1. The minimum Gasteiger partial charge on any atom is -0.449 e. The number of ether oxygens (including phenoxy) is 2. The van der Waals surface area contributed by atoms with Crippen LogP contribution in [-0.2, 0) is 9.47 Å². The van der Waals surface area contributed by atoms with Gasteiger partial charge in [0.2, 0.25) is 0 Å². The van der Waals surface area contributed by atoms with Crippen LogP contribution in [-0.4, -0.2) is 40.5 Å². The van der Waals surface area contributed by atoms with Crippen LogP contribution >= 0.6 is 0 Å². The second-order valence-electron chi connectivity index (χ2n) is 6.51. The lowest BCUT2D eigenvalue weighted by Gasteiger charge is -2.39. The van der Waals surface area contributed by atoms with E-state index in [0.29, 0.717) is 19.8 Å². The molecule has 1 saturated heterocycles. The van der Waals surface area contributed by atoms with Gasteiger partial charge in [0.05, 0.1) is 18.6 Å². The highest BCUT2D eigenvalue weighted by Gasteiger charge is 2.38. The monoisotopic (exact) mass is 273 g/mol. The Balaban J connectivity index is 2.07. The van der Waals surface area contributed by atoms with E-state index < -0.39 is 8.07 Å². The Bertz CT molecular complexity index is 266. The molecule has 1 aliphatic heterocycles. The Morgan fingerprint density at radius 2 is 2.06 bits per heavy atom. The van der Waals surface area contributed by atoms with Crippen LogP contribution in [0.3, 0.4) is 0 Å². The van der Waals surface area contributed by atoms with Crippen molar-refractivity contribution in [3.05, 3.63) is 0 Å². The van der Waals surface area contributed by atoms with Crippen LogP contribution in [0.4, 0.5) is 4.79 Å². The maximum Gasteiger partial charge on any atom is 0.407 e. The second kappa shape index (κ2) is 6.57. The molecule has 5 heteroatoms. The summed E-state index contributed by atoms with van der Waals surface area (Å²) in [4.78, 5) is 11.5. The molecule has 0 radical (unpaired) electrons. The van der Waals surface area contributed by atoms with Crippen molar-refractivity contribution in [2.24, 2.45) is 5.41 Å². The summed E-state index contributed by atoms with van der Waals surface area (Å²) in [6.45, 7) is 11.8. The third kappa shape index (κ3) is 5.39. The van der Waals surface area contributed by atoms with E-state index in [4.69, 9.17) is 9.47 Å². The first-order valence-corrected chi connectivity index (χ1v) is 10.6. The molecular weight excluding hydrogens is 246 g/mol. The van der Waals surface area contributed by atoms with E-state index in [1.807, 2.05) is 0 Å². The van der Waals surface area contributed by atoms with Crippen LogP contribution < -0.4 is 5.32 Å². The molecule has 1 N–H and O–H groups in total. The van der Waals surface area contributed by atoms with E-state index in [0.717, 1.165) is 19.4 Å². The lowest BCUT2D eigenvalue weighted by atomic mass is 9.84. The zero-order chi connectivity index (χ0) is 13.6. The summed E-state index contributed by atoms with van der Waals surface area (Å²) in [6, 6.07) is 1.24. The highest BCUT2D eigenvalue weighted by atomic mass is 28.3. The van der Waals surface area contributed by atoms with Crippen LogP contribution in [0.5, 0.6) is 0 Å². The molecule has 0 unspecified atom stereocenters. The number of hydrogen-bond acceptors (Lipinski definition) is 3. The number of amides is 1. The summed E-state index contributed by atoms with van der Waals surface area (Å²) >= 11 is 0.